The highest BCUT2D eigenvalue weighted by Crippen LogP contribution is 2.41. The highest BCUT2D eigenvalue weighted by Gasteiger charge is 2.39. The largest absolute Gasteiger partial charge is 0.399 e. The number of hydrogen-bond acceptors (Lipinski definition) is 1. The van der Waals surface area contributed by atoms with Crippen molar-refractivity contribution in [2.75, 3.05) is 0 Å². The van der Waals surface area contributed by atoms with Crippen molar-refractivity contribution >= 4 is 46.7 Å². The van der Waals surface area contributed by atoms with Crippen LogP contribution in [0.2, 0.25) is 15.1 Å². The second-order valence-electron chi connectivity index (χ2n) is 6.12. The van der Waals surface area contributed by atoms with Crippen LogP contribution in [0.1, 0.15) is 36.0 Å². The van der Waals surface area contributed by atoms with Crippen LogP contribution in [0.5, 0.6) is 0 Å². The highest BCUT2D eigenvalue weighted by atomic mass is 35.5. The lowest BCUT2D eigenvalue weighted by atomic mass is 9.96. The monoisotopic (exact) mass is 434 g/mol. The van der Waals surface area contributed by atoms with E-state index in [1.165, 1.54) is 25.1 Å². The van der Waals surface area contributed by atoms with Gasteiger partial charge in [-0.25, -0.2) is 0 Å². The maximum Gasteiger partial charge on any atom is 0.399 e. The molecule has 0 spiro atoms. The zero-order chi connectivity index (χ0) is 20.2. The number of allylic oxidation sites excluding steroid dienone is 1. The van der Waals surface area contributed by atoms with Crippen LogP contribution in [0.15, 0.2) is 42.5 Å². The lowest BCUT2D eigenvalue weighted by Crippen LogP contribution is -2.19. The topological polar surface area (TPSA) is 17.1 Å². The predicted molar refractivity (Wildman–Crippen MR) is 105 cm³/mol. The molecule has 0 aliphatic heterocycles. The van der Waals surface area contributed by atoms with Gasteiger partial charge in [0.2, 0.25) is 0 Å². The molecule has 0 fully saturated rings. The molecule has 0 bridgehead atoms. The molecule has 0 N–H and O–H groups in total. The minimum atomic E-state index is -4.52. The van der Waals surface area contributed by atoms with E-state index in [0.29, 0.717) is 18.4 Å². The van der Waals surface area contributed by atoms with Crippen molar-refractivity contribution < 1.29 is 18.0 Å². The first kappa shape index (κ1) is 21.8. The minimum absolute atomic E-state index is 0.0214. The number of aryl methyl sites for hydroxylation is 1. The van der Waals surface area contributed by atoms with Crippen molar-refractivity contribution in [3.05, 3.63) is 74.2 Å². The van der Waals surface area contributed by atoms with Crippen LogP contribution >= 0.6 is 34.8 Å². The Morgan fingerprint density at radius 3 is 2.11 bits per heavy atom. The van der Waals surface area contributed by atoms with E-state index >= 15 is 0 Å². The van der Waals surface area contributed by atoms with Gasteiger partial charge in [0.25, 0.3) is 0 Å². The molecule has 0 saturated heterocycles. The fourth-order valence-corrected chi connectivity index (χ4v) is 3.10. The number of halogens is 6. The van der Waals surface area contributed by atoms with Crippen molar-refractivity contribution in [2.24, 2.45) is 0 Å². The third kappa shape index (κ3) is 6.27. The van der Waals surface area contributed by atoms with E-state index in [1.54, 1.807) is 24.3 Å². The first-order valence-corrected chi connectivity index (χ1v) is 9.19. The molecular formula is C20H16Cl3F3O. The predicted octanol–water partition coefficient (Wildman–Crippen LogP) is 7.53. The van der Waals surface area contributed by atoms with E-state index in [0.717, 1.165) is 11.6 Å². The van der Waals surface area contributed by atoms with E-state index in [2.05, 4.69) is 0 Å². The quantitative estimate of drug-likeness (QED) is 0.429. The van der Waals surface area contributed by atoms with Gasteiger partial charge in [-0.3, -0.25) is 0 Å². The lowest BCUT2D eigenvalue weighted by Gasteiger charge is -2.18. The summed E-state index contributed by atoms with van der Waals surface area (Å²) in [5.41, 5.74) is 1.48. The molecule has 0 aliphatic carbocycles. The normalized spacial score (nSPS) is 13.1. The van der Waals surface area contributed by atoms with Gasteiger partial charge in [-0.05, 0) is 42.2 Å². The number of alkyl halides is 3. The summed E-state index contributed by atoms with van der Waals surface area (Å²) < 4.78 is 40.5. The summed E-state index contributed by atoms with van der Waals surface area (Å²) in [6.07, 6.45) is -1.03. The van der Waals surface area contributed by atoms with Crippen molar-refractivity contribution in [3.63, 3.8) is 0 Å². The standard InChI is InChI=1S/C20H16Cl3F3O/c1-12(27)2-3-13-4-6-14(7-5-13)8-9-16(20(24,25)26)15-10-17(21)19(23)18(22)11-15/h4-11,16H,2-3H2,1H3/b9-8+. The number of hydrogen-bond donors (Lipinski definition) is 0. The van der Waals surface area contributed by atoms with Crippen LogP contribution in [0.4, 0.5) is 13.2 Å². The fourth-order valence-electron chi connectivity index (χ4n) is 2.49. The van der Waals surface area contributed by atoms with Gasteiger partial charge in [0, 0.05) is 6.42 Å². The Bertz CT molecular complexity index is 820. The Hall–Kier alpha value is -1.49. The summed E-state index contributed by atoms with van der Waals surface area (Å²) in [5, 5.41) is -0.0404. The second kappa shape index (κ2) is 9.13. The molecule has 1 unspecified atom stereocenters. The average Bonchev–Trinajstić information content (AvgIpc) is 2.57. The third-order valence-electron chi connectivity index (χ3n) is 3.94. The SMILES string of the molecule is CC(=O)CCc1ccc(/C=C/C(c2cc(Cl)c(Cl)c(Cl)c2)C(F)(F)F)cc1. The zero-order valence-corrected chi connectivity index (χ0v) is 16.6. The van der Waals surface area contributed by atoms with Crippen molar-refractivity contribution in [2.45, 2.75) is 31.9 Å². The van der Waals surface area contributed by atoms with Gasteiger partial charge < -0.3 is 4.79 Å². The molecule has 0 saturated carbocycles. The van der Waals surface area contributed by atoms with Crippen LogP contribution in [0.25, 0.3) is 6.08 Å². The molecule has 2 aromatic rings. The molecule has 2 rings (SSSR count). The molecule has 1 atom stereocenters. The highest BCUT2D eigenvalue weighted by molar-refractivity contribution is 6.48. The van der Waals surface area contributed by atoms with Crippen LogP contribution in [0.3, 0.4) is 0 Å². The number of carbonyl (C=O) groups is 1. The van der Waals surface area contributed by atoms with E-state index in [9.17, 15) is 18.0 Å². The molecule has 0 radical (unpaired) electrons. The van der Waals surface area contributed by atoms with E-state index < -0.39 is 12.1 Å². The third-order valence-corrected chi connectivity index (χ3v) is 5.14. The van der Waals surface area contributed by atoms with Crippen LogP contribution < -0.4 is 0 Å². The number of rotatable bonds is 6. The summed E-state index contributed by atoms with van der Waals surface area (Å²) in [7, 11) is 0. The molecule has 0 heterocycles. The van der Waals surface area contributed by atoms with Gasteiger partial charge in [0.15, 0.2) is 0 Å². The Morgan fingerprint density at radius 1 is 1.07 bits per heavy atom. The summed E-state index contributed by atoms with van der Waals surface area (Å²) >= 11 is 17.6. The van der Waals surface area contributed by atoms with Crippen LogP contribution in [0, 0.1) is 0 Å². The molecule has 144 valence electrons. The number of ketones is 1. The average molecular weight is 436 g/mol. The Labute approximate surface area is 170 Å². The van der Waals surface area contributed by atoms with Crippen molar-refractivity contribution in [3.8, 4) is 0 Å². The molecule has 2 aromatic carbocycles. The summed E-state index contributed by atoms with van der Waals surface area (Å²) in [6.45, 7) is 1.52. The summed E-state index contributed by atoms with van der Waals surface area (Å²) in [6, 6.07) is 9.34. The van der Waals surface area contributed by atoms with Gasteiger partial charge in [-0.1, -0.05) is 71.2 Å². The molecule has 7 heteroatoms. The second-order valence-corrected chi connectivity index (χ2v) is 7.31. The lowest BCUT2D eigenvalue weighted by molar-refractivity contribution is -0.139. The van der Waals surface area contributed by atoms with Crippen molar-refractivity contribution in [1.29, 1.82) is 0 Å². The number of Topliss-reactive ketones (excluding diaryl/α,β-unsaturated/α-hetero) is 1. The van der Waals surface area contributed by atoms with Crippen LogP contribution in [-0.4, -0.2) is 12.0 Å². The van der Waals surface area contributed by atoms with Gasteiger partial charge >= 0.3 is 6.18 Å². The smallest absolute Gasteiger partial charge is 0.300 e. The van der Waals surface area contributed by atoms with Gasteiger partial charge in [-0.15, -0.1) is 0 Å². The minimum Gasteiger partial charge on any atom is -0.300 e. The van der Waals surface area contributed by atoms with E-state index in [1.807, 2.05) is 0 Å². The van der Waals surface area contributed by atoms with Gasteiger partial charge in [0.1, 0.15) is 5.78 Å². The zero-order valence-electron chi connectivity index (χ0n) is 14.3. The molecule has 0 aliphatic rings. The van der Waals surface area contributed by atoms with E-state index in [4.69, 9.17) is 34.8 Å². The first-order chi connectivity index (χ1) is 12.6. The molecule has 1 nitrogen and oxygen atoms in total. The first-order valence-electron chi connectivity index (χ1n) is 8.05. The maximum absolute atomic E-state index is 13.5. The number of carbonyl (C=O) groups excluding carboxylic acids is 1. The molecule has 27 heavy (non-hydrogen) atoms. The summed E-state index contributed by atoms with van der Waals surface area (Å²) in [4.78, 5) is 11.0. The van der Waals surface area contributed by atoms with Crippen LogP contribution in [-0.2, 0) is 11.2 Å². The molecule has 0 amide bonds. The Balaban J connectivity index is 2.25. The maximum atomic E-state index is 13.5. The molecule has 0 aromatic heterocycles. The Kier molecular flexibility index (Phi) is 7.38. The van der Waals surface area contributed by atoms with E-state index in [-0.39, 0.29) is 26.4 Å². The fraction of sp³-hybridized carbons (Fsp3) is 0.250. The summed E-state index contributed by atoms with van der Waals surface area (Å²) in [5.74, 6) is -1.78. The van der Waals surface area contributed by atoms with Gasteiger partial charge in [-0.2, -0.15) is 13.2 Å². The number of benzene rings is 2. The molecular weight excluding hydrogens is 420 g/mol. The van der Waals surface area contributed by atoms with Gasteiger partial charge in [0.05, 0.1) is 21.0 Å². The Morgan fingerprint density at radius 2 is 1.63 bits per heavy atom. The van der Waals surface area contributed by atoms with Crippen molar-refractivity contribution in [1.82, 2.24) is 0 Å².